The van der Waals surface area contributed by atoms with Crippen LogP contribution in [0.5, 0.6) is 11.5 Å². The molecule has 0 radical (unpaired) electrons. The van der Waals surface area contributed by atoms with Crippen LogP contribution in [0.25, 0.3) is 11.0 Å². The zero-order chi connectivity index (χ0) is 24.2. The summed E-state index contributed by atoms with van der Waals surface area (Å²) < 4.78 is 18.6. The van der Waals surface area contributed by atoms with E-state index in [0.29, 0.717) is 23.7 Å². The number of anilines is 1. The SMILES string of the molecule is CNc1c([N+](=O)[O-])ncc(Oc2cnc3c(c2)c(COC)nn3COCC[Si](C)(C)C)c1Cl. The summed E-state index contributed by atoms with van der Waals surface area (Å²) in [7, 11) is 1.92. The summed E-state index contributed by atoms with van der Waals surface area (Å²) in [5, 5.41) is 19.2. The maximum atomic E-state index is 11.2. The molecule has 0 aliphatic heterocycles. The van der Waals surface area contributed by atoms with E-state index in [2.05, 4.69) is 40.0 Å². The van der Waals surface area contributed by atoms with E-state index in [0.717, 1.165) is 11.4 Å². The number of aromatic nitrogens is 4. The van der Waals surface area contributed by atoms with Crippen LogP contribution in [0.3, 0.4) is 0 Å². The highest BCUT2D eigenvalue weighted by atomic mass is 35.5. The van der Waals surface area contributed by atoms with Crippen molar-refractivity contribution in [1.29, 1.82) is 0 Å². The largest absolute Gasteiger partial charge is 0.450 e. The van der Waals surface area contributed by atoms with Crippen LogP contribution in [0, 0.1) is 10.1 Å². The molecule has 0 aliphatic carbocycles. The lowest BCUT2D eigenvalue weighted by molar-refractivity contribution is -0.388. The van der Waals surface area contributed by atoms with Gasteiger partial charge in [0.2, 0.25) is 0 Å². The van der Waals surface area contributed by atoms with Crippen LogP contribution < -0.4 is 10.1 Å². The third kappa shape index (κ3) is 5.96. The number of fused-ring (bicyclic) bond motifs is 1. The summed E-state index contributed by atoms with van der Waals surface area (Å²) >= 11 is 6.31. The van der Waals surface area contributed by atoms with Gasteiger partial charge in [-0.25, -0.2) is 9.67 Å². The number of nitrogens with zero attached hydrogens (tertiary/aromatic N) is 5. The van der Waals surface area contributed by atoms with Crippen LogP contribution in [0.15, 0.2) is 18.5 Å². The monoisotopic (exact) mass is 494 g/mol. The number of methoxy groups -OCH3 is 1. The fraction of sp³-hybridized carbons (Fsp3) is 0.450. The molecule has 33 heavy (non-hydrogen) atoms. The summed E-state index contributed by atoms with van der Waals surface area (Å²) in [6.45, 7) is 8.12. The predicted octanol–water partition coefficient (Wildman–Crippen LogP) is 4.68. The Balaban J connectivity index is 1.87. The van der Waals surface area contributed by atoms with Gasteiger partial charge in [0.25, 0.3) is 0 Å². The number of rotatable bonds is 11. The van der Waals surface area contributed by atoms with E-state index < -0.39 is 13.0 Å². The van der Waals surface area contributed by atoms with Crippen molar-refractivity contribution in [1.82, 2.24) is 19.7 Å². The predicted molar refractivity (Wildman–Crippen MR) is 128 cm³/mol. The van der Waals surface area contributed by atoms with Crippen LogP contribution in [0.2, 0.25) is 30.7 Å². The van der Waals surface area contributed by atoms with Gasteiger partial charge in [-0.15, -0.1) is 0 Å². The zero-order valence-electron chi connectivity index (χ0n) is 19.2. The molecular weight excluding hydrogens is 468 g/mol. The molecule has 13 heteroatoms. The van der Waals surface area contributed by atoms with Gasteiger partial charge in [-0.05, 0) is 22.0 Å². The third-order valence-corrected chi connectivity index (χ3v) is 6.82. The van der Waals surface area contributed by atoms with Crippen molar-refractivity contribution in [3.05, 3.63) is 39.3 Å². The minimum absolute atomic E-state index is 0.0444. The van der Waals surface area contributed by atoms with Gasteiger partial charge < -0.3 is 29.6 Å². The summed E-state index contributed by atoms with van der Waals surface area (Å²) in [6.07, 6.45) is 2.73. The Morgan fingerprint density at radius 3 is 2.67 bits per heavy atom. The van der Waals surface area contributed by atoms with Crippen molar-refractivity contribution in [3.63, 3.8) is 0 Å². The van der Waals surface area contributed by atoms with Gasteiger partial charge >= 0.3 is 5.82 Å². The number of hydrogen-bond donors (Lipinski definition) is 1. The number of nitrogens with one attached hydrogen (secondary N) is 1. The molecule has 1 N–H and O–H groups in total. The lowest BCUT2D eigenvalue weighted by Crippen LogP contribution is -2.22. The topological polar surface area (TPSA) is 126 Å². The summed E-state index contributed by atoms with van der Waals surface area (Å²) in [4.78, 5) is 18.9. The molecule has 3 aromatic rings. The van der Waals surface area contributed by atoms with Crippen molar-refractivity contribution in [3.8, 4) is 11.5 Å². The highest BCUT2D eigenvalue weighted by molar-refractivity contribution is 6.76. The maximum absolute atomic E-state index is 11.2. The standard InChI is InChI=1S/C20H27ClN6O5Si/c1-22-18-17(21)16(10-24-20(18)27(28)29)32-13-8-14-15(11-30-2)25-26(19(14)23-9-13)12-31-6-7-33(3,4)5/h8-10,22H,6-7,11-12H2,1-5H3. The number of halogens is 1. The minimum atomic E-state index is -1.19. The van der Waals surface area contributed by atoms with Gasteiger partial charge in [0.1, 0.15) is 17.5 Å². The molecule has 178 valence electrons. The number of nitro groups is 1. The molecule has 11 nitrogen and oxygen atoms in total. The highest BCUT2D eigenvalue weighted by Crippen LogP contribution is 2.39. The minimum Gasteiger partial charge on any atom is -0.450 e. The second-order valence-electron chi connectivity index (χ2n) is 8.51. The van der Waals surface area contributed by atoms with Crippen molar-refractivity contribution in [2.24, 2.45) is 0 Å². The third-order valence-electron chi connectivity index (χ3n) is 4.74. The Bertz CT molecular complexity index is 1150. The van der Waals surface area contributed by atoms with Crippen LogP contribution in [-0.4, -0.2) is 53.5 Å². The Labute approximate surface area is 197 Å². The summed E-state index contributed by atoms with van der Waals surface area (Å²) in [5.74, 6) is 0.142. The first-order valence-corrected chi connectivity index (χ1v) is 14.3. The molecule has 0 spiro atoms. The molecule has 0 amide bonds. The fourth-order valence-electron chi connectivity index (χ4n) is 3.04. The first-order chi connectivity index (χ1) is 15.6. The summed E-state index contributed by atoms with van der Waals surface area (Å²) in [5.41, 5.74) is 1.38. The molecule has 0 atom stereocenters. The van der Waals surface area contributed by atoms with Gasteiger partial charge in [0, 0.05) is 34.2 Å². The van der Waals surface area contributed by atoms with Gasteiger partial charge in [0.15, 0.2) is 23.3 Å². The van der Waals surface area contributed by atoms with Crippen molar-refractivity contribution in [2.45, 2.75) is 39.0 Å². The molecule has 0 bridgehead atoms. The second-order valence-corrected chi connectivity index (χ2v) is 14.5. The van der Waals surface area contributed by atoms with Gasteiger partial charge in [-0.3, -0.25) is 0 Å². The quantitative estimate of drug-likeness (QED) is 0.175. The maximum Gasteiger partial charge on any atom is 0.388 e. The zero-order valence-corrected chi connectivity index (χ0v) is 21.0. The van der Waals surface area contributed by atoms with Crippen molar-refractivity contribution >= 4 is 42.2 Å². The van der Waals surface area contributed by atoms with E-state index in [9.17, 15) is 10.1 Å². The molecule has 3 rings (SSSR count). The van der Waals surface area contributed by atoms with Crippen LogP contribution in [0.1, 0.15) is 5.69 Å². The molecule has 0 aliphatic rings. The van der Waals surface area contributed by atoms with Crippen LogP contribution in [0.4, 0.5) is 11.5 Å². The van der Waals surface area contributed by atoms with Gasteiger partial charge in [0.05, 0.1) is 18.5 Å². The average molecular weight is 495 g/mol. The molecule has 0 fully saturated rings. The van der Waals surface area contributed by atoms with Gasteiger partial charge in [-0.1, -0.05) is 31.2 Å². The molecule has 0 saturated carbocycles. The van der Waals surface area contributed by atoms with Crippen molar-refractivity contribution < 1.29 is 19.1 Å². The summed E-state index contributed by atoms with van der Waals surface area (Å²) in [6, 6.07) is 2.82. The molecule has 3 aromatic heterocycles. The van der Waals surface area contributed by atoms with E-state index in [1.807, 2.05) is 0 Å². The molecular formula is C20H27ClN6O5Si. The van der Waals surface area contributed by atoms with Crippen molar-refractivity contribution in [2.75, 3.05) is 26.1 Å². The molecule has 0 saturated heterocycles. The van der Waals surface area contributed by atoms with E-state index >= 15 is 0 Å². The first-order valence-electron chi connectivity index (χ1n) is 10.2. The highest BCUT2D eigenvalue weighted by Gasteiger charge is 2.23. The second kappa shape index (κ2) is 10.4. The first kappa shape index (κ1) is 24.8. The lowest BCUT2D eigenvalue weighted by atomic mass is 10.2. The molecule has 3 heterocycles. The van der Waals surface area contributed by atoms with Crippen LogP contribution >= 0.6 is 11.6 Å². The van der Waals surface area contributed by atoms with E-state index in [1.54, 1.807) is 17.9 Å². The molecule has 0 aromatic carbocycles. The van der Waals surface area contributed by atoms with E-state index in [-0.39, 0.29) is 35.6 Å². The Hall–Kier alpha value is -2.80. The number of hydrogen-bond acceptors (Lipinski definition) is 9. The molecule has 0 unspecified atom stereocenters. The van der Waals surface area contributed by atoms with Gasteiger partial charge in [-0.2, -0.15) is 5.10 Å². The fourth-order valence-corrected chi connectivity index (χ4v) is 4.07. The Morgan fingerprint density at radius 1 is 1.27 bits per heavy atom. The average Bonchev–Trinajstić information content (AvgIpc) is 3.09. The van der Waals surface area contributed by atoms with Crippen LogP contribution in [-0.2, 0) is 22.8 Å². The normalized spacial score (nSPS) is 11.7. The lowest BCUT2D eigenvalue weighted by Gasteiger charge is -2.15. The number of pyridine rings is 2. The Kier molecular flexibility index (Phi) is 7.84. The smallest absolute Gasteiger partial charge is 0.388 e. The van der Waals surface area contributed by atoms with E-state index in [4.69, 9.17) is 25.8 Å². The van der Waals surface area contributed by atoms with E-state index in [1.165, 1.54) is 19.4 Å². The number of ether oxygens (including phenoxy) is 3. The Morgan fingerprint density at radius 2 is 2.03 bits per heavy atom.